The highest BCUT2D eigenvalue weighted by atomic mass is 16.4. The molecule has 9 heavy (non-hydrogen) atoms. The lowest BCUT2D eigenvalue weighted by Gasteiger charge is -1.98. The Labute approximate surface area is 53.8 Å². The van der Waals surface area contributed by atoms with Crippen LogP contribution in [-0.4, -0.2) is 23.7 Å². The second-order valence-corrected chi connectivity index (χ2v) is 2.03. The van der Waals surface area contributed by atoms with Gasteiger partial charge >= 0.3 is 5.97 Å². The molecule has 0 bridgehead atoms. The third-order valence-corrected chi connectivity index (χ3v) is 1.15. The Bertz CT molecular complexity index is 95.0. The molecular formula is C5H14N2O2+2. The van der Waals surface area contributed by atoms with Crippen LogP contribution in [0.1, 0.15) is 12.8 Å². The molecular weight excluding hydrogens is 120 g/mol. The Morgan fingerprint density at radius 1 is 1.67 bits per heavy atom. The summed E-state index contributed by atoms with van der Waals surface area (Å²) in [5.41, 5.74) is 7.04. The summed E-state index contributed by atoms with van der Waals surface area (Å²) >= 11 is 0. The van der Waals surface area contributed by atoms with E-state index in [-0.39, 0.29) is 0 Å². The van der Waals surface area contributed by atoms with Gasteiger partial charge in [-0.05, 0) is 0 Å². The van der Waals surface area contributed by atoms with E-state index in [1.807, 2.05) is 0 Å². The van der Waals surface area contributed by atoms with Crippen LogP contribution in [0.3, 0.4) is 0 Å². The number of carboxylic acid groups (broad SMARTS) is 1. The first-order valence-electron chi connectivity index (χ1n) is 3.03. The molecule has 0 radical (unpaired) electrons. The van der Waals surface area contributed by atoms with Crippen molar-refractivity contribution in [2.75, 3.05) is 6.54 Å². The van der Waals surface area contributed by atoms with Crippen LogP contribution in [0.4, 0.5) is 0 Å². The van der Waals surface area contributed by atoms with Gasteiger partial charge in [0.2, 0.25) is 0 Å². The van der Waals surface area contributed by atoms with E-state index in [1.54, 1.807) is 0 Å². The predicted molar refractivity (Wildman–Crippen MR) is 31.3 cm³/mol. The van der Waals surface area contributed by atoms with Crippen LogP contribution < -0.4 is 11.5 Å². The summed E-state index contributed by atoms with van der Waals surface area (Å²) in [6.07, 6.45) is 1.49. The van der Waals surface area contributed by atoms with Crippen molar-refractivity contribution < 1.29 is 21.4 Å². The summed E-state index contributed by atoms with van der Waals surface area (Å²) < 4.78 is 0. The van der Waals surface area contributed by atoms with Gasteiger partial charge in [0.15, 0.2) is 6.04 Å². The first kappa shape index (κ1) is 8.39. The van der Waals surface area contributed by atoms with Crippen molar-refractivity contribution in [2.45, 2.75) is 18.9 Å². The van der Waals surface area contributed by atoms with Crippen LogP contribution in [0.2, 0.25) is 0 Å². The second-order valence-electron chi connectivity index (χ2n) is 2.03. The van der Waals surface area contributed by atoms with Gasteiger partial charge in [0.05, 0.1) is 6.54 Å². The number of hydrogen-bond acceptors (Lipinski definition) is 1. The van der Waals surface area contributed by atoms with E-state index >= 15 is 0 Å². The summed E-state index contributed by atoms with van der Waals surface area (Å²) in [6, 6.07) is -0.452. The molecule has 0 saturated heterocycles. The Balaban J connectivity index is 3.27. The molecule has 0 aliphatic rings. The monoisotopic (exact) mass is 134 g/mol. The molecule has 0 aliphatic heterocycles. The van der Waals surface area contributed by atoms with Crippen molar-refractivity contribution in [2.24, 2.45) is 0 Å². The fourth-order valence-corrected chi connectivity index (χ4v) is 0.514. The van der Waals surface area contributed by atoms with Gasteiger partial charge in [-0.2, -0.15) is 0 Å². The Morgan fingerprint density at radius 2 is 2.22 bits per heavy atom. The van der Waals surface area contributed by atoms with Crippen molar-refractivity contribution in [3.05, 3.63) is 0 Å². The molecule has 0 fully saturated rings. The van der Waals surface area contributed by atoms with Crippen LogP contribution in [0.15, 0.2) is 0 Å². The van der Waals surface area contributed by atoms with Gasteiger partial charge in [0, 0.05) is 12.8 Å². The van der Waals surface area contributed by atoms with Gasteiger partial charge in [0.25, 0.3) is 0 Å². The third-order valence-electron chi connectivity index (χ3n) is 1.15. The topological polar surface area (TPSA) is 92.6 Å². The highest BCUT2D eigenvalue weighted by Gasteiger charge is 2.13. The number of hydrogen-bond donors (Lipinski definition) is 3. The lowest BCUT2D eigenvalue weighted by molar-refractivity contribution is -0.414. The molecule has 4 heteroatoms. The summed E-state index contributed by atoms with van der Waals surface area (Å²) in [7, 11) is 0. The molecule has 0 amide bonds. The van der Waals surface area contributed by atoms with E-state index in [2.05, 4.69) is 11.5 Å². The maximum atomic E-state index is 10.1. The zero-order valence-corrected chi connectivity index (χ0v) is 5.47. The van der Waals surface area contributed by atoms with Crippen LogP contribution in [0, 0.1) is 0 Å². The lowest BCUT2D eigenvalue weighted by atomic mass is 10.2. The van der Waals surface area contributed by atoms with E-state index in [0.717, 1.165) is 13.0 Å². The predicted octanol–water partition coefficient (Wildman–Crippen LogP) is -2.30. The van der Waals surface area contributed by atoms with Crippen molar-refractivity contribution >= 4 is 5.97 Å². The number of quaternary nitrogens is 2. The summed E-state index contributed by atoms with van der Waals surface area (Å²) in [5, 5.41) is 8.33. The summed E-state index contributed by atoms with van der Waals surface area (Å²) in [6.45, 7) is 0.791. The van der Waals surface area contributed by atoms with Crippen LogP contribution in [0.25, 0.3) is 0 Å². The molecule has 0 aromatic carbocycles. The maximum Gasteiger partial charge on any atom is 0.362 e. The largest absolute Gasteiger partial charge is 0.477 e. The molecule has 0 spiro atoms. The highest BCUT2D eigenvalue weighted by Crippen LogP contribution is 1.88. The third kappa shape index (κ3) is 3.93. The Hall–Kier alpha value is -0.610. The first-order valence-corrected chi connectivity index (χ1v) is 3.03. The molecule has 0 aromatic rings. The van der Waals surface area contributed by atoms with E-state index in [4.69, 9.17) is 5.11 Å². The molecule has 0 heterocycles. The number of aliphatic carboxylic acids is 1. The second kappa shape index (κ2) is 4.29. The summed E-state index contributed by atoms with van der Waals surface area (Å²) in [4.78, 5) is 10.1. The Morgan fingerprint density at radius 3 is 2.56 bits per heavy atom. The number of carbonyl (C=O) groups is 1. The molecule has 0 rings (SSSR count). The van der Waals surface area contributed by atoms with Gasteiger partial charge in [-0.15, -0.1) is 0 Å². The minimum atomic E-state index is -0.816. The average molecular weight is 134 g/mol. The molecule has 4 nitrogen and oxygen atoms in total. The molecule has 0 saturated carbocycles. The Kier molecular flexibility index (Phi) is 4.00. The minimum Gasteiger partial charge on any atom is -0.477 e. The van der Waals surface area contributed by atoms with Crippen molar-refractivity contribution in [1.29, 1.82) is 0 Å². The van der Waals surface area contributed by atoms with Gasteiger partial charge in [-0.25, -0.2) is 4.79 Å². The van der Waals surface area contributed by atoms with Crippen molar-refractivity contribution in [3.8, 4) is 0 Å². The molecule has 1 atom stereocenters. The van der Waals surface area contributed by atoms with Crippen molar-refractivity contribution in [3.63, 3.8) is 0 Å². The smallest absolute Gasteiger partial charge is 0.362 e. The molecule has 1 unspecified atom stereocenters. The van der Waals surface area contributed by atoms with E-state index < -0.39 is 12.0 Å². The maximum absolute atomic E-state index is 10.1. The molecule has 54 valence electrons. The van der Waals surface area contributed by atoms with Crippen molar-refractivity contribution in [1.82, 2.24) is 0 Å². The lowest BCUT2D eigenvalue weighted by Crippen LogP contribution is -2.65. The number of carboxylic acids is 1. The van der Waals surface area contributed by atoms with Gasteiger partial charge in [-0.3, -0.25) is 0 Å². The fraction of sp³-hybridized carbons (Fsp3) is 0.800. The van der Waals surface area contributed by atoms with E-state index in [1.165, 1.54) is 0 Å². The van der Waals surface area contributed by atoms with Crippen LogP contribution in [0.5, 0.6) is 0 Å². The quantitative estimate of drug-likeness (QED) is 0.403. The zero-order valence-electron chi connectivity index (χ0n) is 5.47. The minimum absolute atomic E-state index is 0.452. The van der Waals surface area contributed by atoms with Crippen LogP contribution in [-0.2, 0) is 4.79 Å². The van der Waals surface area contributed by atoms with Gasteiger partial charge in [0.1, 0.15) is 0 Å². The standard InChI is InChI=1S/C5H12N2O2/c6-3-1-2-4(7)5(8)9/h4H,1-3,6-7H2,(H,8,9)/p+2. The normalized spacial score (nSPS) is 13.1. The van der Waals surface area contributed by atoms with E-state index in [9.17, 15) is 4.79 Å². The zero-order chi connectivity index (χ0) is 7.28. The molecule has 7 N–H and O–H groups in total. The van der Waals surface area contributed by atoms with E-state index in [0.29, 0.717) is 6.42 Å². The van der Waals surface area contributed by atoms with Gasteiger partial charge < -0.3 is 16.6 Å². The summed E-state index contributed by atoms with van der Waals surface area (Å²) in [5.74, 6) is -0.816. The fourth-order valence-electron chi connectivity index (χ4n) is 0.514. The molecule has 0 aromatic heterocycles. The SMILES string of the molecule is [NH3+]CCCC([NH3+])C(=O)O. The van der Waals surface area contributed by atoms with Gasteiger partial charge in [-0.1, -0.05) is 0 Å². The molecule has 0 aliphatic carbocycles. The number of rotatable bonds is 4. The highest BCUT2D eigenvalue weighted by molar-refractivity contribution is 5.71. The first-order chi connectivity index (χ1) is 4.18. The average Bonchev–Trinajstić information content (AvgIpc) is 1.82. The van der Waals surface area contributed by atoms with Crippen LogP contribution >= 0.6 is 0 Å².